The van der Waals surface area contributed by atoms with Crippen LogP contribution in [0.2, 0.25) is 5.02 Å². The van der Waals surface area contributed by atoms with Gasteiger partial charge in [0.25, 0.3) is 0 Å². The monoisotopic (exact) mass is 255 g/mol. The van der Waals surface area contributed by atoms with Gasteiger partial charge >= 0.3 is 0 Å². The first-order valence-corrected chi connectivity index (χ1v) is 6.79. The second kappa shape index (κ2) is 5.72. The van der Waals surface area contributed by atoms with Crippen molar-refractivity contribution >= 4 is 17.3 Å². The molecule has 0 atom stereocenters. The van der Waals surface area contributed by atoms with E-state index in [-0.39, 0.29) is 10.8 Å². The second-order valence-corrected chi connectivity index (χ2v) is 5.28. The van der Waals surface area contributed by atoms with Crippen LogP contribution in [0.1, 0.15) is 39.0 Å². The van der Waals surface area contributed by atoms with E-state index in [1.807, 2.05) is 0 Å². The first kappa shape index (κ1) is 12.7. The van der Waals surface area contributed by atoms with E-state index in [4.69, 9.17) is 11.6 Å². The number of rotatable bonds is 3. The lowest BCUT2D eigenvalue weighted by molar-refractivity contribution is 0.329. The lowest BCUT2D eigenvalue weighted by atomic mass is 9.84. The summed E-state index contributed by atoms with van der Waals surface area (Å²) >= 11 is 5.76. The molecular formula is C14H19ClFN. The molecule has 94 valence electrons. The molecule has 1 aromatic carbocycles. The van der Waals surface area contributed by atoms with Crippen LogP contribution in [0.4, 0.5) is 10.1 Å². The van der Waals surface area contributed by atoms with Crippen molar-refractivity contribution < 1.29 is 4.39 Å². The Morgan fingerprint density at radius 1 is 1.29 bits per heavy atom. The van der Waals surface area contributed by atoms with Gasteiger partial charge in [-0.15, -0.1) is 0 Å². The third-order valence-corrected chi connectivity index (χ3v) is 4.03. The van der Waals surface area contributed by atoms with Crippen molar-refractivity contribution in [3.63, 3.8) is 0 Å². The average molecular weight is 256 g/mol. The smallest absolute Gasteiger partial charge is 0.164 e. The molecule has 1 N–H and O–H groups in total. The van der Waals surface area contributed by atoms with Crippen molar-refractivity contribution in [1.82, 2.24) is 0 Å². The van der Waals surface area contributed by atoms with Crippen LogP contribution >= 0.6 is 11.6 Å². The van der Waals surface area contributed by atoms with Crippen LogP contribution in [-0.4, -0.2) is 6.04 Å². The van der Waals surface area contributed by atoms with E-state index in [1.54, 1.807) is 18.2 Å². The van der Waals surface area contributed by atoms with Gasteiger partial charge in [-0.25, -0.2) is 4.39 Å². The maximum atomic E-state index is 13.7. The molecule has 0 amide bonds. The number of anilines is 1. The van der Waals surface area contributed by atoms with Gasteiger partial charge in [0.1, 0.15) is 0 Å². The highest BCUT2D eigenvalue weighted by Gasteiger charge is 2.20. The molecule has 17 heavy (non-hydrogen) atoms. The van der Waals surface area contributed by atoms with E-state index in [1.165, 1.54) is 19.3 Å². The highest BCUT2D eigenvalue weighted by molar-refractivity contribution is 6.31. The predicted octanol–water partition coefficient (Wildman–Crippen LogP) is 4.86. The van der Waals surface area contributed by atoms with E-state index < -0.39 is 0 Å². The van der Waals surface area contributed by atoms with Crippen molar-refractivity contribution in [2.24, 2.45) is 5.92 Å². The Morgan fingerprint density at radius 2 is 2.00 bits per heavy atom. The van der Waals surface area contributed by atoms with Crippen molar-refractivity contribution in [2.45, 2.75) is 45.1 Å². The number of hydrogen-bond acceptors (Lipinski definition) is 1. The van der Waals surface area contributed by atoms with Crippen LogP contribution in [-0.2, 0) is 0 Å². The number of nitrogens with one attached hydrogen (secondary N) is 1. The predicted molar refractivity (Wildman–Crippen MR) is 71.1 cm³/mol. The second-order valence-electron chi connectivity index (χ2n) is 4.87. The fourth-order valence-corrected chi connectivity index (χ4v) is 2.72. The summed E-state index contributed by atoms with van der Waals surface area (Å²) in [4.78, 5) is 0. The van der Waals surface area contributed by atoms with Crippen LogP contribution in [0.3, 0.4) is 0 Å². The van der Waals surface area contributed by atoms with Crippen LogP contribution in [0.5, 0.6) is 0 Å². The van der Waals surface area contributed by atoms with Crippen molar-refractivity contribution in [1.29, 1.82) is 0 Å². The Hall–Kier alpha value is -0.760. The third kappa shape index (κ3) is 3.12. The van der Waals surface area contributed by atoms with Gasteiger partial charge in [-0.1, -0.05) is 31.0 Å². The fraction of sp³-hybridized carbons (Fsp3) is 0.571. The molecule has 0 spiro atoms. The van der Waals surface area contributed by atoms with E-state index in [0.717, 1.165) is 18.8 Å². The summed E-state index contributed by atoms with van der Waals surface area (Å²) in [6.07, 6.45) is 6.01. The molecule has 0 aromatic heterocycles. The molecule has 1 aliphatic carbocycles. The highest BCUT2D eigenvalue weighted by Crippen LogP contribution is 2.30. The molecule has 1 nitrogen and oxygen atoms in total. The molecule has 0 bridgehead atoms. The first-order chi connectivity index (χ1) is 8.20. The number of benzene rings is 1. The SMILES string of the molecule is CCC1CCC(Nc2cccc(Cl)c2F)CC1. The summed E-state index contributed by atoms with van der Waals surface area (Å²) in [6.45, 7) is 2.25. The molecule has 0 heterocycles. The van der Waals surface area contributed by atoms with Gasteiger partial charge in [0.15, 0.2) is 5.82 Å². The molecular weight excluding hydrogens is 237 g/mol. The summed E-state index contributed by atoms with van der Waals surface area (Å²) in [6, 6.07) is 5.51. The molecule has 0 saturated heterocycles. The van der Waals surface area contributed by atoms with Gasteiger partial charge in [-0.3, -0.25) is 0 Å². The van der Waals surface area contributed by atoms with E-state index >= 15 is 0 Å². The number of hydrogen-bond donors (Lipinski definition) is 1. The third-order valence-electron chi connectivity index (χ3n) is 3.74. The Labute approximate surface area is 107 Å². The minimum absolute atomic E-state index is 0.192. The van der Waals surface area contributed by atoms with Gasteiger partial charge in [0.2, 0.25) is 0 Å². The van der Waals surface area contributed by atoms with E-state index in [2.05, 4.69) is 12.2 Å². The zero-order chi connectivity index (χ0) is 12.3. The standard InChI is InChI=1S/C14H19ClFN/c1-2-10-6-8-11(9-7-10)17-13-5-3-4-12(15)14(13)16/h3-5,10-11,17H,2,6-9H2,1H3. The summed E-state index contributed by atoms with van der Waals surface area (Å²) < 4.78 is 13.7. The quantitative estimate of drug-likeness (QED) is 0.813. The molecule has 1 saturated carbocycles. The minimum atomic E-state index is -0.327. The minimum Gasteiger partial charge on any atom is -0.380 e. The van der Waals surface area contributed by atoms with Gasteiger partial charge in [-0.2, -0.15) is 0 Å². The summed E-state index contributed by atoms with van der Waals surface area (Å²) in [7, 11) is 0. The van der Waals surface area contributed by atoms with Crippen molar-refractivity contribution in [3.8, 4) is 0 Å². The van der Waals surface area contributed by atoms with Gasteiger partial charge in [-0.05, 0) is 43.7 Å². The maximum Gasteiger partial charge on any atom is 0.164 e. The van der Waals surface area contributed by atoms with Crippen LogP contribution in [0.15, 0.2) is 18.2 Å². The van der Waals surface area contributed by atoms with Crippen LogP contribution in [0.25, 0.3) is 0 Å². The Balaban J connectivity index is 1.95. The molecule has 0 radical (unpaired) electrons. The fourth-order valence-electron chi connectivity index (χ4n) is 2.55. The van der Waals surface area contributed by atoms with Crippen LogP contribution < -0.4 is 5.32 Å². The summed E-state index contributed by atoms with van der Waals surface area (Å²) in [5, 5.41) is 3.47. The molecule has 2 rings (SSSR count). The lowest BCUT2D eigenvalue weighted by Gasteiger charge is -2.29. The first-order valence-electron chi connectivity index (χ1n) is 6.41. The zero-order valence-electron chi connectivity index (χ0n) is 10.2. The van der Waals surface area contributed by atoms with Crippen molar-refractivity contribution in [2.75, 3.05) is 5.32 Å². The Kier molecular flexibility index (Phi) is 4.27. The Bertz CT molecular complexity index is 372. The van der Waals surface area contributed by atoms with E-state index in [9.17, 15) is 4.39 Å². The number of halogens is 2. The molecule has 3 heteroatoms. The normalized spacial score (nSPS) is 24.6. The maximum absolute atomic E-state index is 13.7. The molecule has 1 fully saturated rings. The highest BCUT2D eigenvalue weighted by atomic mass is 35.5. The Morgan fingerprint density at radius 3 is 2.65 bits per heavy atom. The van der Waals surface area contributed by atoms with E-state index in [0.29, 0.717) is 11.7 Å². The molecule has 1 aliphatic rings. The van der Waals surface area contributed by atoms with Gasteiger partial charge in [0.05, 0.1) is 10.7 Å². The molecule has 0 unspecified atom stereocenters. The summed E-state index contributed by atoms with van der Waals surface area (Å²) in [5.74, 6) is 0.532. The summed E-state index contributed by atoms with van der Waals surface area (Å²) in [5.41, 5.74) is 0.539. The molecule has 1 aromatic rings. The van der Waals surface area contributed by atoms with Crippen LogP contribution in [0, 0.1) is 11.7 Å². The van der Waals surface area contributed by atoms with Gasteiger partial charge < -0.3 is 5.32 Å². The molecule has 0 aliphatic heterocycles. The average Bonchev–Trinajstić information content (AvgIpc) is 2.36. The lowest BCUT2D eigenvalue weighted by Crippen LogP contribution is -2.26. The van der Waals surface area contributed by atoms with Crippen molar-refractivity contribution in [3.05, 3.63) is 29.0 Å². The topological polar surface area (TPSA) is 12.0 Å². The largest absolute Gasteiger partial charge is 0.380 e. The zero-order valence-corrected chi connectivity index (χ0v) is 10.9. The van der Waals surface area contributed by atoms with Gasteiger partial charge in [0, 0.05) is 6.04 Å².